The van der Waals surface area contributed by atoms with Crippen LogP contribution in [0.1, 0.15) is 27.0 Å². The zero-order chi connectivity index (χ0) is 13.8. The van der Waals surface area contributed by atoms with Crippen molar-refractivity contribution in [2.45, 2.75) is 20.4 Å². The molecule has 0 saturated heterocycles. The number of benzene rings is 2. The van der Waals surface area contributed by atoms with E-state index in [1.807, 2.05) is 32.0 Å². The van der Waals surface area contributed by atoms with Crippen molar-refractivity contribution in [2.75, 3.05) is 0 Å². The maximum atomic E-state index is 12.7. The van der Waals surface area contributed by atoms with Crippen LogP contribution in [0, 0.1) is 19.7 Å². The van der Waals surface area contributed by atoms with Crippen LogP contribution in [0.4, 0.5) is 4.39 Å². The second-order valence-corrected chi connectivity index (χ2v) is 4.61. The first-order valence-corrected chi connectivity index (χ1v) is 6.16. The molecule has 0 atom stereocenters. The van der Waals surface area contributed by atoms with Crippen molar-refractivity contribution < 1.29 is 9.18 Å². The van der Waals surface area contributed by atoms with Gasteiger partial charge in [0.05, 0.1) is 0 Å². The molecule has 0 aromatic heterocycles. The Kier molecular flexibility index (Phi) is 3.95. The lowest BCUT2D eigenvalue weighted by molar-refractivity contribution is 0.0951. The molecule has 1 N–H and O–H groups in total. The van der Waals surface area contributed by atoms with Crippen molar-refractivity contribution in [1.29, 1.82) is 0 Å². The molecule has 0 aliphatic rings. The molecule has 0 saturated carbocycles. The zero-order valence-electron chi connectivity index (χ0n) is 11.0. The fourth-order valence-corrected chi connectivity index (χ4v) is 1.77. The number of halogens is 1. The summed E-state index contributed by atoms with van der Waals surface area (Å²) in [6, 6.07) is 11.7. The van der Waals surface area contributed by atoms with Crippen molar-refractivity contribution in [3.63, 3.8) is 0 Å². The summed E-state index contributed by atoms with van der Waals surface area (Å²) in [7, 11) is 0. The Morgan fingerprint density at radius 3 is 2.37 bits per heavy atom. The summed E-state index contributed by atoms with van der Waals surface area (Å²) in [6.45, 7) is 4.38. The molecule has 2 nitrogen and oxygen atoms in total. The van der Waals surface area contributed by atoms with Crippen molar-refractivity contribution in [3.05, 3.63) is 70.5 Å². The second kappa shape index (κ2) is 5.65. The van der Waals surface area contributed by atoms with Crippen molar-refractivity contribution >= 4 is 5.91 Å². The first-order chi connectivity index (χ1) is 9.06. The van der Waals surface area contributed by atoms with Crippen LogP contribution >= 0.6 is 0 Å². The number of amides is 1. The molecular formula is C16H16FNO. The molecule has 2 aromatic rings. The molecule has 3 heteroatoms. The van der Waals surface area contributed by atoms with E-state index >= 15 is 0 Å². The third kappa shape index (κ3) is 3.41. The van der Waals surface area contributed by atoms with Gasteiger partial charge in [-0.05, 0) is 54.8 Å². The molecular weight excluding hydrogens is 241 g/mol. The van der Waals surface area contributed by atoms with E-state index < -0.39 is 0 Å². The molecule has 0 spiro atoms. The van der Waals surface area contributed by atoms with Gasteiger partial charge >= 0.3 is 0 Å². The van der Waals surface area contributed by atoms with Crippen molar-refractivity contribution in [2.24, 2.45) is 0 Å². The highest BCUT2D eigenvalue weighted by atomic mass is 19.1. The summed E-state index contributed by atoms with van der Waals surface area (Å²) in [6.07, 6.45) is 0. The van der Waals surface area contributed by atoms with Gasteiger partial charge in [0.1, 0.15) is 5.82 Å². The Bertz CT molecular complexity index is 590. The summed E-state index contributed by atoms with van der Waals surface area (Å²) >= 11 is 0. The maximum Gasteiger partial charge on any atom is 0.251 e. The summed E-state index contributed by atoms with van der Waals surface area (Å²) in [5.41, 5.74) is 3.77. The number of carbonyl (C=O) groups is 1. The van der Waals surface area contributed by atoms with E-state index in [0.29, 0.717) is 12.1 Å². The highest BCUT2D eigenvalue weighted by Gasteiger charge is 2.06. The highest BCUT2D eigenvalue weighted by molar-refractivity contribution is 5.94. The Morgan fingerprint density at radius 2 is 1.74 bits per heavy atom. The van der Waals surface area contributed by atoms with Crippen LogP contribution in [0.25, 0.3) is 0 Å². The lowest BCUT2D eigenvalue weighted by atomic mass is 10.1. The maximum absolute atomic E-state index is 12.7. The number of aryl methyl sites for hydroxylation is 2. The topological polar surface area (TPSA) is 29.1 Å². The van der Waals surface area contributed by atoms with Crippen LogP contribution in [-0.4, -0.2) is 5.91 Å². The monoisotopic (exact) mass is 257 g/mol. The van der Waals surface area contributed by atoms with Gasteiger partial charge < -0.3 is 5.32 Å². The molecule has 0 radical (unpaired) electrons. The standard InChI is InChI=1S/C16H16FNO/c1-11-3-6-14(9-12(11)2)16(19)18-10-13-4-7-15(17)8-5-13/h3-9H,10H2,1-2H3,(H,18,19). The molecule has 0 heterocycles. The van der Waals surface area contributed by atoms with Gasteiger partial charge in [0.2, 0.25) is 0 Å². The fraction of sp³-hybridized carbons (Fsp3) is 0.188. The smallest absolute Gasteiger partial charge is 0.251 e. The number of rotatable bonds is 3. The lowest BCUT2D eigenvalue weighted by Crippen LogP contribution is -2.22. The van der Waals surface area contributed by atoms with E-state index in [1.165, 1.54) is 12.1 Å². The number of carbonyl (C=O) groups excluding carboxylic acids is 1. The minimum absolute atomic E-state index is 0.118. The molecule has 1 amide bonds. The third-order valence-corrected chi connectivity index (χ3v) is 3.14. The highest BCUT2D eigenvalue weighted by Crippen LogP contribution is 2.10. The Hall–Kier alpha value is -2.16. The third-order valence-electron chi connectivity index (χ3n) is 3.14. The first-order valence-electron chi connectivity index (χ1n) is 6.16. The molecule has 19 heavy (non-hydrogen) atoms. The number of hydrogen-bond donors (Lipinski definition) is 1. The summed E-state index contributed by atoms with van der Waals surface area (Å²) in [5.74, 6) is -0.392. The largest absolute Gasteiger partial charge is 0.348 e. The first kappa shape index (κ1) is 13.3. The molecule has 0 bridgehead atoms. The average Bonchev–Trinajstić information content (AvgIpc) is 2.41. The van der Waals surface area contributed by atoms with Gasteiger partial charge in [-0.25, -0.2) is 4.39 Å². The molecule has 2 rings (SSSR count). The van der Waals surface area contributed by atoms with E-state index in [4.69, 9.17) is 0 Å². The Morgan fingerprint density at radius 1 is 1.05 bits per heavy atom. The summed E-state index contributed by atoms with van der Waals surface area (Å²) < 4.78 is 12.7. The quantitative estimate of drug-likeness (QED) is 0.897. The Labute approximate surface area is 112 Å². The van der Waals surface area contributed by atoms with Gasteiger partial charge in [0, 0.05) is 12.1 Å². The predicted molar refractivity (Wildman–Crippen MR) is 73.5 cm³/mol. The van der Waals surface area contributed by atoms with Crippen LogP contribution in [0.15, 0.2) is 42.5 Å². The number of hydrogen-bond acceptors (Lipinski definition) is 1. The van der Waals surface area contributed by atoms with Crippen LogP contribution in [0.5, 0.6) is 0 Å². The normalized spacial score (nSPS) is 10.3. The molecule has 0 aliphatic carbocycles. The minimum Gasteiger partial charge on any atom is -0.348 e. The Balaban J connectivity index is 2.01. The summed E-state index contributed by atoms with van der Waals surface area (Å²) in [4.78, 5) is 12.0. The molecule has 0 unspecified atom stereocenters. The van der Waals surface area contributed by atoms with Gasteiger partial charge in [-0.2, -0.15) is 0 Å². The van der Waals surface area contributed by atoms with Crippen LogP contribution < -0.4 is 5.32 Å². The van der Waals surface area contributed by atoms with E-state index in [0.717, 1.165) is 16.7 Å². The molecule has 2 aromatic carbocycles. The van der Waals surface area contributed by atoms with E-state index in [9.17, 15) is 9.18 Å². The molecule has 0 aliphatic heterocycles. The van der Waals surface area contributed by atoms with Gasteiger partial charge in [-0.1, -0.05) is 18.2 Å². The van der Waals surface area contributed by atoms with Gasteiger partial charge in [-0.15, -0.1) is 0 Å². The van der Waals surface area contributed by atoms with Gasteiger partial charge in [-0.3, -0.25) is 4.79 Å². The van der Waals surface area contributed by atoms with Crippen LogP contribution in [-0.2, 0) is 6.54 Å². The molecule has 98 valence electrons. The number of nitrogens with one attached hydrogen (secondary N) is 1. The lowest BCUT2D eigenvalue weighted by Gasteiger charge is -2.07. The second-order valence-electron chi connectivity index (χ2n) is 4.61. The van der Waals surface area contributed by atoms with Gasteiger partial charge in [0.15, 0.2) is 0 Å². The predicted octanol–water partition coefficient (Wildman–Crippen LogP) is 3.37. The zero-order valence-corrected chi connectivity index (χ0v) is 11.0. The average molecular weight is 257 g/mol. The van der Waals surface area contributed by atoms with E-state index in [2.05, 4.69) is 5.32 Å². The van der Waals surface area contributed by atoms with Crippen LogP contribution in [0.3, 0.4) is 0 Å². The fourth-order valence-electron chi connectivity index (χ4n) is 1.77. The SMILES string of the molecule is Cc1ccc(C(=O)NCc2ccc(F)cc2)cc1C. The van der Waals surface area contributed by atoms with Crippen molar-refractivity contribution in [3.8, 4) is 0 Å². The van der Waals surface area contributed by atoms with Crippen molar-refractivity contribution in [1.82, 2.24) is 5.32 Å². The minimum atomic E-state index is -0.274. The van der Waals surface area contributed by atoms with E-state index in [-0.39, 0.29) is 11.7 Å². The molecule has 0 fully saturated rings. The van der Waals surface area contributed by atoms with Gasteiger partial charge in [0.25, 0.3) is 5.91 Å². The van der Waals surface area contributed by atoms with Crippen LogP contribution in [0.2, 0.25) is 0 Å². The summed E-state index contributed by atoms with van der Waals surface area (Å²) in [5, 5.41) is 2.82. The van der Waals surface area contributed by atoms with E-state index in [1.54, 1.807) is 12.1 Å².